The Bertz CT molecular complexity index is 487. The Balaban J connectivity index is 2.39. The highest BCUT2D eigenvalue weighted by Gasteiger charge is 2.32. The molecule has 0 aliphatic carbocycles. The molecule has 2 atom stereocenters. The zero-order valence-electron chi connectivity index (χ0n) is 13.1. The second-order valence-corrected chi connectivity index (χ2v) is 6.16. The Morgan fingerprint density at radius 3 is 2.40 bits per heavy atom. The van der Waals surface area contributed by atoms with Crippen LogP contribution < -0.4 is 5.73 Å². The summed E-state index contributed by atoms with van der Waals surface area (Å²) in [5.41, 5.74) is 10.1. The van der Waals surface area contributed by atoms with Crippen LogP contribution >= 0.6 is 0 Å². The second-order valence-electron chi connectivity index (χ2n) is 6.16. The number of aryl methyl sites for hydroxylation is 3. The van der Waals surface area contributed by atoms with E-state index in [1.165, 1.54) is 12.0 Å². The Morgan fingerprint density at radius 2 is 1.85 bits per heavy atom. The van der Waals surface area contributed by atoms with Gasteiger partial charge in [0.1, 0.15) is 0 Å². The topological polar surface area (TPSA) is 46.3 Å². The molecule has 0 bridgehead atoms. The number of carbonyl (C=O) groups excluding carboxylic acids is 1. The molecule has 1 aliphatic rings. The smallest absolute Gasteiger partial charge is 0.254 e. The van der Waals surface area contributed by atoms with Crippen molar-refractivity contribution in [1.82, 2.24) is 4.90 Å². The highest BCUT2D eigenvalue weighted by atomic mass is 16.2. The highest BCUT2D eigenvalue weighted by molar-refractivity contribution is 5.97. The van der Waals surface area contributed by atoms with Crippen molar-refractivity contribution < 1.29 is 4.79 Å². The van der Waals surface area contributed by atoms with Gasteiger partial charge >= 0.3 is 0 Å². The van der Waals surface area contributed by atoms with Gasteiger partial charge in [-0.3, -0.25) is 4.79 Å². The first-order valence-electron chi connectivity index (χ1n) is 7.56. The molecular weight excluding hydrogens is 248 g/mol. The molecule has 1 saturated heterocycles. The Hall–Kier alpha value is -1.35. The fraction of sp³-hybridized carbons (Fsp3) is 0.588. The number of benzene rings is 1. The molecule has 1 aromatic carbocycles. The number of hydrogen-bond acceptors (Lipinski definition) is 2. The largest absolute Gasteiger partial charge is 0.332 e. The number of rotatable bonds is 2. The van der Waals surface area contributed by atoms with Gasteiger partial charge in [-0.05, 0) is 58.1 Å². The molecule has 3 heteroatoms. The minimum Gasteiger partial charge on any atom is -0.332 e. The van der Waals surface area contributed by atoms with Crippen LogP contribution in [-0.2, 0) is 0 Å². The first-order valence-corrected chi connectivity index (χ1v) is 7.56. The summed E-state index contributed by atoms with van der Waals surface area (Å²) in [7, 11) is 0. The first-order chi connectivity index (χ1) is 9.45. The first kappa shape index (κ1) is 15.0. The predicted octanol–water partition coefficient (Wildman–Crippen LogP) is 2.95. The average molecular weight is 274 g/mol. The van der Waals surface area contributed by atoms with Crippen molar-refractivity contribution in [2.75, 3.05) is 6.54 Å². The van der Waals surface area contributed by atoms with Gasteiger partial charge in [0.15, 0.2) is 0 Å². The lowest BCUT2D eigenvalue weighted by molar-refractivity contribution is 0.0492. The van der Waals surface area contributed by atoms with Crippen LogP contribution in [-0.4, -0.2) is 29.4 Å². The van der Waals surface area contributed by atoms with Crippen LogP contribution in [0.15, 0.2) is 12.1 Å². The second kappa shape index (κ2) is 5.96. The number of amides is 1. The summed E-state index contributed by atoms with van der Waals surface area (Å²) in [4.78, 5) is 15.0. The van der Waals surface area contributed by atoms with Crippen LogP contribution in [0, 0.1) is 20.8 Å². The average Bonchev–Trinajstić information content (AvgIpc) is 2.36. The molecule has 0 radical (unpaired) electrons. The third kappa shape index (κ3) is 2.73. The summed E-state index contributed by atoms with van der Waals surface area (Å²) in [6.07, 6.45) is 3.27. The third-order valence-corrected chi connectivity index (χ3v) is 4.42. The zero-order chi connectivity index (χ0) is 14.9. The Labute approximate surface area is 122 Å². The number of piperidine rings is 1. The fourth-order valence-electron chi connectivity index (χ4n) is 3.53. The molecule has 1 aromatic rings. The van der Waals surface area contributed by atoms with E-state index in [2.05, 4.69) is 26.0 Å². The van der Waals surface area contributed by atoms with Gasteiger partial charge in [-0.1, -0.05) is 17.7 Å². The van der Waals surface area contributed by atoms with E-state index in [0.29, 0.717) is 6.54 Å². The fourth-order valence-corrected chi connectivity index (χ4v) is 3.53. The van der Waals surface area contributed by atoms with Crippen molar-refractivity contribution in [3.8, 4) is 0 Å². The van der Waals surface area contributed by atoms with Crippen LogP contribution in [0.3, 0.4) is 0 Å². The van der Waals surface area contributed by atoms with Gasteiger partial charge in [-0.2, -0.15) is 0 Å². The number of hydrogen-bond donors (Lipinski definition) is 1. The van der Waals surface area contributed by atoms with Crippen molar-refractivity contribution in [3.63, 3.8) is 0 Å². The number of likely N-dealkylation sites (tertiary alicyclic amines) is 1. The van der Waals surface area contributed by atoms with Crippen molar-refractivity contribution in [1.29, 1.82) is 0 Å². The minimum atomic E-state index is 0.155. The Kier molecular flexibility index (Phi) is 4.48. The van der Waals surface area contributed by atoms with Crippen LogP contribution in [0.4, 0.5) is 0 Å². The summed E-state index contributed by atoms with van der Waals surface area (Å²) in [6, 6.07) is 4.65. The molecule has 0 spiro atoms. The molecule has 2 rings (SSSR count). The van der Waals surface area contributed by atoms with E-state index in [1.54, 1.807) is 0 Å². The highest BCUT2D eigenvalue weighted by Crippen LogP contribution is 2.27. The molecule has 1 aliphatic heterocycles. The maximum Gasteiger partial charge on any atom is 0.254 e. The Morgan fingerprint density at radius 1 is 1.25 bits per heavy atom. The van der Waals surface area contributed by atoms with Crippen LogP contribution in [0.2, 0.25) is 0 Å². The van der Waals surface area contributed by atoms with Gasteiger partial charge in [-0.25, -0.2) is 0 Å². The maximum atomic E-state index is 13.0. The summed E-state index contributed by atoms with van der Waals surface area (Å²) in [6.45, 7) is 8.82. The predicted molar refractivity (Wildman–Crippen MR) is 83.0 cm³/mol. The molecule has 3 nitrogen and oxygen atoms in total. The lowest BCUT2D eigenvalue weighted by atomic mass is 9.92. The number of nitrogens with zero attached hydrogens (tertiary/aromatic N) is 1. The zero-order valence-corrected chi connectivity index (χ0v) is 13.1. The van der Waals surface area contributed by atoms with Crippen LogP contribution in [0.5, 0.6) is 0 Å². The van der Waals surface area contributed by atoms with Crippen LogP contribution in [0.1, 0.15) is 53.2 Å². The van der Waals surface area contributed by atoms with Gasteiger partial charge in [0, 0.05) is 24.2 Å². The van der Waals surface area contributed by atoms with Gasteiger partial charge in [0.05, 0.1) is 0 Å². The van der Waals surface area contributed by atoms with Crippen LogP contribution in [0.25, 0.3) is 0 Å². The number of nitrogens with two attached hydrogens (primary N) is 1. The van der Waals surface area contributed by atoms with E-state index in [9.17, 15) is 4.79 Å². The molecule has 1 heterocycles. The molecule has 1 fully saturated rings. The maximum absolute atomic E-state index is 13.0. The van der Waals surface area contributed by atoms with Gasteiger partial charge < -0.3 is 10.6 Å². The molecule has 20 heavy (non-hydrogen) atoms. The van der Waals surface area contributed by atoms with Crippen molar-refractivity contribution in [2.45, 2.75) is 59.0 Å². The van der Waals surface area contributed by atoms with Crippen molar-refractivity contribution in [3.05, 3.63) is 34.4 Å². The molecule has 2 unspecified atom stereocenters. The van der Waals surface area contributed by atoms with Gasteiger partial charge in [-0.15, -0.1) is 0 Å². The minimum absolute atomic E-state index is 0.155. The van der Waals surface area contributed by atoms with E-state index in [-0.39, 0.29) is 18.0 Å². The summed E-state index contributed by atoms with van der Waals surface area (Å²) >= 11 is 0. The molecule has 2 N–H and O–H groups in total. The third-order valence-electron chi connectivity index (χ3n) is 4.42. The molecule has 1 amide bonds. The molecule has 110 valence electrons. The summed E-state index contributed by atoms with van der Waals surface area (Å²) in [5.74, 6) is 0.155. The van der Waals surface area contributed by atoms with Crippen molar-refractivity contribution in [2.24, 2.45) is 5.73 Å². The standard InChI is InChI=1S/C17H26N2O/c1-11-8-12(2)16(13(3)9-11)17(20)19-14(4)6-5-7-15(19)10-18/h8-9,14-15H,5-7,10,18H2,1-4H3. The van der Waals surface area contributed by atoms with E-state index in [1.807, 2.05) is 18.7 Å². The van der Waals surface area contributed by atoms with Gasteiger partial charge in [0.2, 0.25) is 0 Å². The molecule has 0 saturated carbocycles. The number of carbonyl (C=O) groups is 1. The van der Waals surface area contributed by atoms with E-state index < -0.39 is 0 Å². The lowest BCUT2D eigenvalue weighted by Gasteiger charge is -2.40. The quantitative estimate of drug-likeness (QED) is 0.901. The lowest BCUT2D eigenvalue weighted by Crippen LogP contribution is -2.52. The molecular formula is C17H26N2O. The summed E-state index contributed by atoms with van der Waals surface area (Å²) < 4.78 is 0. The monoisotopic (exact) mass is 274 g/mol. The molecule has 0 aromatic heterocycles. The SMILES string of the molecule is Cc1cc(C)c(C(=O)N2C(C)CCCC2CN)c(C)c1. The van der Waals surface area contributed by atoms with E-state index in [0.717, 1.165) is 29.5 Å². The summed E-state index contributed by atoms with van der Waals surface area (Å²) in [5, 5.41) is 0. The van der Waals surface area contributed by atoms with E-state index >= 15 is 0 Å². The van der Waals surface area contributed by atoms with Crippen molar-refractivity contribution >= 4 is 5.91 Å². The van der Waals surface area contributed by atoms with E-state index in [4.69, 9.17) is 5.73 Å². The van der Waals surface area contributed by atoms with Gasteiger partial charge in [0.25, 0.3) is 5.91 Å². The normalized spacial score (nSPS) is 22.9.